The van der Waals surface area contributed by atoms with E-state index >= 15 is 0 Å². The Balaban J connectivity index is 1.84. The van der Waals surface area contributed by atoms with E-state index in [0.717, 1.165) is 22.7 Å². The van der Waals surface area contributed by atoms with Crippen LogP contribution in [0.4, 0.5) is 11.4 Å². The molecule has 0 aliphatic carbocycles. The SMILES string of the molecule is COc1cccc(NC(=S)NNC(=S)Nc2cccc(Cl)c2C)c1. The van der Waals surface area contributed by atoms with Gasteiger partial charge in [0.1, 0.15) is 5.75 Å². The summed E-state index contributed by atoms with van der Waals surface area (Å²) in [5.41, 5.74) is 8.18. The molecule has 4 N–H and O–H groups in total. The number of benzene rings is 2. The third kappa shape index (κ3) is 5.23. The monoisotopic (exact) mass is 380 g/mol. The van der Waals surface area contributed by atoms with Crippen molar-refractivity contribution >= 4 is 57.6 Å². The van der Waals surface area contributed by atoms with Gasteiger partial charge >= 0.3 is 0 Å². The molecule has 24 heavy (non-hydrogen) atoms. The molecule has 0 saturated heterocycles. The van der Waals surface area contributed by atoms with Crippen molar-refractivity contribution < 1.29 is 4.74 Å². The van der Waals surface area contributed by atoms with Crippen molar-refractivity contribution in [3.63, 3.8) is 0 Å². The minimum absolute atomic E-state index is 0.371. The minimum atomic E-state index is 0.371. The molecular formula is C16H17ClN4OS2. The van der Waals surface area contributed by atoms with E-state index in [1.807, 2.05) is 49.4 Å². The second-order valence-corrected chi connectivity index (χ2v) is 6.03. The average molecular weight is 381 g/mol. The highest BCUT2D eigenvalue weighted by Crippen LogP contribution is 2.22. The summed E-state index contributed by atoms with van der Waals surface area (Å²) in [6.45, 7) is 1.91. The summed E-state index contributed by atoms with van der Waals surface area (Å²) >= 11 is 16.5. The number of methoxy groups -OCH3 is 1. The maximum absolute atomic E-state index is 6.08. The summed E-state index contributed by atoms with van der Waals surface area (Å²) in [6, 6.07) is 13.0. The van der Waals surface area contributed by atoms with Gasteiger partial charge < -0.3 is 15.4 Å². The molecule has 0 heterocycles. The summed E-state index contributed by atoms with van der Waals surface area (Å²) in [7, 11) is 1.61. The Morgan fingerprint density at radius 1 is 1.00 bits per heavy atom. The first-order chi connectivity index (χ1) is 11.5. The molecule has 5 nitrogen and oxygen atoms in total. The fraction of sp³-hybridized carbons (Fsp3) is 0.125. The third-order valence-electron chi connectivity index (χ3n) is 3.13. The summed E-state index contributed by atoms with van der Waals surface area (Å²) in [5, 5.41) is 7.49. The van der Waals surface area contributed by atoms with Crippen LogP contribution in [0, 0.1) is 6.92 Å². The lowest BCUT2D eigenvalue weighted by Crippen LogP contribution is -2.45. The smallest absolute Gasteiger partial charge is 0.189 e. The number of halogens is 1. The van der Waals surface area contributed by atoms with E-state index in [0.29, 0.717) is 15.2 Å². The molecule has 8 heteroatoms. The maximum Gasteiger partial charge on any atom is 0.189 e. The molecule has 0 aliphatic heterocycles. The Labute approximate surface area is 156 Å². The fourth-order valence-electron chi connectivity index (χ4n) is 1.87. The number of rotatable bonds is 3. The number of thiocarbonyl (C=S) groups is 2. The van der Waals surface area contributed by atoms with E-state index in [4.69, 9.17) is 40.8 Å². The van der Waals surface area contributed by atoms with Crippen LogP contribution in [0.2, 0.25) is 5.02 Å². The van der Waals surface area contributed by atoms with Gasteiger partial charge in [-0.05, 0) is 61.2 Å². The first-order valence-electron chi connectivity index (χ1n) is 7.02. The zero-order valence-electron chi connectivity index (χ0n) is 13.1. The van der Waals surface area contributed by atoms with Crippen molar-refractivity contribution in [2.24, 2.45) is 0 Å². The fourth-order valence-corrected chi connectivity index (χ4v) is 2.38. The van der Waals surface area contributed by atoms with Crippen molar-refractivity contribution in [1.82, 2.24) is 10.9 Å². The molecule has 126 valence electrons. The largest absolute Gasteiger partial charge is 0.497 e. The van der Waals surface area contributed by atoms with Crippen LogP contribution in [0.3, 0.4) is 0 Å². The van der Waals surface area contributed by atoms with Crippen molar-refractivity contribution in [2.45, 2.75) is 6.92 Å². The number of hydrogen-bond donors (Lipinski definition) is 4. The lowest BCUT2D eigenvalue weighted by Gasteiger charge is -2.16. The first kappa shape index (κ1) is 18.3. The number of hydrogen-bond acceptors (Lipinski definition) is 3. The molecule has 0 fully saturated rings. The van der Waals surface area contributed by atoms with E-state index in [1.165, 1.54) is 0 Å². The summed E-state index contributed by atoms with van der Waals surface area (Å²) in [4.78, 5) is 0. The van der Waals surface area contributed by atoms with Gasteiger partial charge in [-0.3, -0.25) is 10.9 Å². The second kappa shape index (κ2) is 8.68. The summed E-state index contributed by atoms with van der Waals surface area (Å²) in [5.74, 6) is 0.740. The van der Waals surface area contributed by atoms with E-state index in [-0.39, 0.29) is 0 Å². The Bertz CT molecular complexity index is 755. The van der Waals surface area contributed by atoms with Gasteiger partial charge in [-0.2, -0.15) is 0 Å². The molecule has 0 unspecified atom stereocenters. The molecule has 0 bridgehead atoms. The molecule has 0 amide bonds. The quantitative estimate of drug-likeness (QED) is 0.476. The molecule has 2 aromatic carbocycles. The van der Waals surface area contributed by atoms with Crippen molar-refractivity contribution in [3.8, 4) is 5.75 Å². The van der Waals surface area contributed by atoms with Crippen molar-refractivity contribution in [2.75, 3.05) is 17.7 Å². The molecule has 0 aliphatic rings. The highest BCUT2D eigenvalue weighted by molar-refractivity contribution is 7.81. The molecule has 0 saturated carbocycles. The van der Waals surface area contributed by atoms with E-state index in [9.17, 15) is 0 Å². The maximum atomic E-state index is 6.08. The Hall–Kier alpha value is -2.09. The van der Waals surface area contributed by atoms with Crippen LogP contribution in [0.5, 0.6) is 5.75 Å². The lowest BCUT2D eigenvalue weighted by molar-refractivity contribution is 0.415. The van der Waals surface area contributed by atoms with Gasteiger partial charge in [-0.1, -0.05) is 23.7 Å². The van der Waals surface area contributed by atoms with Gasteiger partial charge in [0.15, 0.2) is 10.2 Å². The third-order valence-corrected chi connectivity index (χ3v) is 3.95. The molecular weight excluding hydrogens is 364 g/mol. The Kier molecular flexibility index (Phi) is 6.60. The summed E-state index contributed by atoms with van der Waals surface area (Å²) in [6.07, 6.45) is 0. The number of hydrazine groups is 1. The first-order valence-corrected chi connectivity index (χ1v) is 8.22. The lowest BCUT2D eigenvalue weighted by atomic mass is 10.2. The van der Waals surface area contributed by atoms with Gasteiger partial charge in [-0.15, -0.1) is 0 Å². The normalized spacial score (nSPS) is 9.79. The molecule has 2 rings (SSSR count). The number of ether oxygens (including phenoxy) is 1. The average Bonchev–Trinajstić information content (AvgIpc) is 2.57. The van der Waals surface area contributed by atoms with Crippen LogP contribution >= 0.6 is 36.0 Å². The highest BCUT2D eigenvalue weighted by Gasteiger charge is 2.04. The zero-order chi connectivity index (χ0) is 17.5. The molecule has 0 atom stereocenters. The van der Waals surface area contributed by atoms with Crippen molar-refractivity contribution in [1.29, 1.82) is 0 Å². The standard InChI is InChI=1S/C16H17ClN4OS2/c1-10-13(17)7-4-8-14(10)19-16(24)21-20-15(23)18-11-5-3-6-12(9-11)22-2/h3-9H,1-2H3,(H2,18,20,23)(H2,19,21,24). The Morgan fingerprint density at radius 3 is 2.38 bits per heavy atom. The van der Waals surface area contributed by atoms with E-state index < -0.39 is 0 Å². The van der Waals surface area contributed by atoms with Crippen LogP contribution in [-0.4, -0.2) is 17.3 Å². The second-order valence-electron chi connectivity index (χ2n) is 4.80. The van der Waals surface area contributed by atoms with Gasteiger partial charge in [0.25, 0.3) is 0 Å². The predicted molar refractivity (Wildman–Crippen MR) is 108 cm³/mol. The van der Waals surface area contributed by atoms with Crippen LogP contribution in [0.1, 0.15) is 5.56 Å². The van der Waals surface area contributed by atoms with E-state index in [1.54, 1.807) is 7.11 Å². The van der Waals surface area contributed by atoms with E-state index in [2.05, 4.69) is 21.5 Å². The van der Waals surface area contributed by atoms with Crippen molar-refractivity contribution in [3.05, 3.63) is 53.1 Å². The van der Waals surface area contributed by atoms with Gasteiger partial charge in [0.05, 0.1) is 7.11 Å². The molecule has 0 spiro atoms. The molecule has 2 aromatic rings. The van der Waals surface area contributed by atoms with Gasteiger partial charge in [-0.25, -0.2) is 0 Å². The Morgan fingerprint density at radius 2 is 1.67 bits per heavy atom. The van der Waals surface area contributed by atoms with Crippen LogP contribution in [0.15, 0.2) is 42.5 Å². The number of nitrogens with one attached hydrogen (secondary N) is 4. The molecule has 0 aromatic heterocycles. The van der Waals surface area contributed by atoms with Crippen LogP contribution < -0.4 is 26.2 Å². The van der Waals surface area contributed by atoms with Crippen LogP contribution in [-0.2, 0) is 0 Å². The van der Waals surface area contributed by atoms with Gasteiger partial charge in [0, 0.05) is 22.5 Å². The molecule has 0 radical (unpaired) electrons. The van der Waals surface area contributed by atoms with Crippen LogP contribution in [0.25, 0.3) is 0 Å². The predicted octanol–water partition coefficient (Wildman–Crippen LogP) is 3.85. The summed E-state index contributed by atoms with van der Waals surface area (Å²) < 4.78 is 5.16. The highest BCUT2D eigenvalue weighted by atomic mass is 35.5. The van der Waals surface area contributed by atoms with Gasteiger partial charge in [0.2, 0.25) is 0 Å². The zero-order valence-corrected chi connectivity index (χ0v) is 15.5. The topological polar surface area (TPSA) is 57.4 Å². The minimum Gasteiger partial charge on any atom is -0.497 e. The number of anilines is 2.